The van der Waals surface area contributed by atoms with Crippen LogP contribution in [0.5, 0.6) is 0 Å². The molecule has 2 rings (SSSR count). The van der Waals surface area contributed by atoms with Crippen molar-refractivity contribution < 1.29 is 14.0 Å². The lowest BCUT2D eigenvalue weighted by molar-refractivity contribution is -0.132. The van der Waals surface area contributed by atoms with E-state index in [2.05, 4.69) is 15.5 Å². The van der Waals surface area contributed by atoms with Crippen molar-refractivity contribution >= 4 is 23.6 Å². The topological polar surface area (TPSA) is 88.3 Å². The third-order valence-corrected chi connectivity index (χ3v) is 3.88. The average Bonchev–Trinajstić information content (AvgIpc) is 3.01. The Labute approximate surface area is 138 Å². The lowest BCUT2D eigenvalue weighted by Gasteiger charge is -2.14. The largest absolute Gasteiger partial charge is 0.411 e. The van der Waals surface area contributed by atoms with Gasteiger partial charge in [0.25, 0.3) is 5.22 Å². The molecule has 0 saturated carbocycles. The highest BCUT2D eigenvalue weighted by molar-refractivity contribution is 7.99. The molecule has 2 aromatic rings. The number of carbonyl (C=O) groups excluding carboxylic acids is 2. The van der Waals surface area contributed by atoms with E-state index in [4.69, 9.17) is 4.42 Å². The number of benzene rings is 1. The predicted molar refractivity (Wildman–Crippen MR) is 86.9 cm³/mol. The van der Waals surface area contributed by atoms with Gasteiger partial charge in [-0.2, -0.15) is 0 Å². The van der Waals surface area contributed by atoms with E-state index in [0.29, 0.717) is 11.1 Å². The van der Waals surface area contributed by atoms with Gasteiger partial charge in [-0.25, -0.2) is 0 Å². The fourth-order valence-corrected chi connectivity index (χ4v) is 2.48. The van der Waals surface area contributed by atoms with Crippen LogP contribution < -0.4 is 5.32 Å². The van der Waals surface area contributed by atoms with Gasteiger partial charge in [0.1, 0.15) is 0 Å². The van der Waals surface area contributed by atoms with Gasteiger partial charge in [0.15, 0.2) is 0 Å². The molecule has 0 aliphatic rings. The van der Waals surface area contributed by atoms with Crippen molar-refractivity contribution in [1.29, 1.82) is 0 Å². The molecule has 1 aromatic carbocycles. The Balaban J connectivity index is 1.92. The molecule has 0 spiro atoms. The average molecular weight is 334 g/mol. The third-order valence-electron chi connectivity index (χ3n) is 3.08. The number of aryl methyl sites for hydroxylation is 1. The Morgan fingerprint density at radius 2 is 2.13 bits per heavy atom. The summed E-state index contributed by atoms with van der Waals surface area (Å²) in [5, 5.41) is 10.7. The van der Waals surface area contributed by atoms with Crippen LogP contribution in [0.1, 0.15) is 5.56 Å². The molecule has 1 heterocycles. The fraction of sp³-hybridized carbons (Fsp3) is 0.333. The van der Waals surface area contributed by atoms with Crippen LogP contribution in [0.4, 0.5) is 0 Å². The Bertz CT molecular complexity index is 702. The molecule has 2 amide bonds. The van der Waals surface area contributed by atoms with E-state index in [0.717, 1.165) is 22.9 Å². The zero-order valence-corrected chi connectivity index (χ0v) is 14.0. The molecule has 0 atom stereocenters. The van der Waals surface area contributed by atoms with Crippen molar-refractivity contribution in [3.8, 4) is 11.5 Å². The molecular formula is C15H18N4O3S. The highest BCUT2D eigenvalue weighted by Crippen LogP contribution is 2.23. The normalized spacial score (nSPS) is 10.4. The van der Waals surface area contributed by atoms with Crippen LogP contribution in [-0.2, 0) is 9.59 Å². The SMILES string of the molecule is CNC(=O)CN(C)C(=O)CSc1nnc(-c2cccc(C)c2)o1. The van der Waals surface area contributed by atoms with Crippen LogP contribution >= 0.6 is 11.8 Å². The van der Waals surface area contributed by atoms with E-state index in [1.54, 1.807) is 7.05 Å². The van der Waals surface area contributed by atoms with Crippen molar-refractivity contribution in [2.24, 2.45) is 0 Å². The standard InChI is InChI=1S/C15H18N4O3S/c1-10-5-4-6-11(7-10)14-17-18-15(22-14)23-9-13(21)19(3)8-12(20)16-2/h4-7H,8-9H2,1-3H3,(H,16,20). The molecule has 8 heteroatoms. The van der Waals surface area contributed by atoms with Crippen LogP contribution in [-0.4, -0.2) is 53.3 Å². The Morgan fingerprint density at radius 1 is 1.35 bits per heavy atom. The van der Waals surface area contributed by atoms with Crippen molar-refractivity contribution in [2.45, 2.75) is 12.1 Å². The van der Waals surface area contributed by atoms with Crippen molar-refractivity contribution in [1.82, 2.24) is 20.4 Å². The second kappa shape index (κ2) is 7.77. The van der Waals surface area contributed by atoms with Gasteiger partial charge in [0, 0.05) is 19.7 Å². The maximum atomic E-state index is 11.9. The summed E-state index contributed by atoms with van der Waals surface area (Å²) in [6.45, 7) is 2.00. The molecule has 0 saturated heterocycles. The molecule has 0 unspecified atom stereocenters. The van der Waals surface area contributed by atoms with Gasteiger partial charge in [-0.15, -0.1) is 10.2 Å². The summed E-state index contributed by atoms with van der Waals surface area (Å²) in [5.74, 6) is 0.143. The number of amides is 2. The van der Waals surface area contributed by atoms with Gasteiger partial charge < -0.3 is 14.6 Å². The highest BCUT2D eigenvalue weighted by Gasteiger charge is 2.15. The molecule has 1 aromatic heterocycles. The number of thioether (sulfide) groups is 1. The number of likely N-dealkylation sites (N-methyl/N-ethyl adjacent to an activating group) is 2. The van der Waals surface area contributed by atoms with Crippen molar-refractivity contribution in [3.63, 3.8) is 0 Å². The van der Waals surface area contributed by atoms with Gasteiger partial charge in [0.2, 0.25) is 17.7 Å². The first-order valence-electron chi connectivity index (χ1n) is 6.97. The lowest BCUT2D eigenvalue weighted by Crippen LogP contribution is -2.37. The monoisotopic (exact) mass is 334 g/mol. The summed E-state index contributed by atoms with van der Waals surface area (Å²) in [6, 6.07) is 7.73. The molecule has 1 N–H and O–H groups in total. The van der Waals surface area contributed by atoms with Gasteiger partial charge in [-0.3, -0.25) is 9.59 Å². The summed E-state index contributed by atoms with van der Waals surface area (Å²) >= 11 is 1.15. The second-order valence-corrected chi connectivity index (χ2v) is 5.88. The molecule has 0 radical (unpaired) electrons. The van der Waals surface area contributed by atoms with Gasteiger partial charge >= 0.3 is 0 Å². The molecule has 122 valence electrons. The number of hydrogen-bond donors (Lipinski definition) is 1. The van der Waals surface area contributed by atoms with Gasteiger partial charge in [-0.05, 0) is 19.1 Å². The molecule has 23 heavy (non-hydrogen) atoms. The van der Waals surface area contributed by atoms with E-state index >= 15 is 0 Å². The minimum Gasteiger partial charge on any atom is -0.411 e. The minimum atomic E-state index is -0.217. The summed E-state index contributed by atoms with van der Waals surface area (Å²) < 4.78 is 5.55. The lowest BCUT2D eigenvalue weighted by atomic mass is 10.1. The zero-order valence-electron chi connectivity index (χ0n) is 13.2. The summed E-state index contributed by atoms with van der Waals surface area (Å²) in [5.41, 5.74) is 1.94. The Morgan fingerprint density at radius 3 is 2.83 bits per heavy atom. The maximum Gasteiger partial charge on any atom is 0.277 e. The fourth-order valence-electron chi connectivity index (χ4n) is 1.78. The van der Waals surface area contributed by atoms with Gasteiger partial charge in [0.05, 0.1) is 12.3 Å². The number of rotatable bonds is 6. The minimum absolute atomic E-state index is 0.0221. The predicted octanol–water partition coefficient (Wildman–Crippen LogP) is 1.34. The van der Waals surface area contributed by atoms with Crippen molar-refractivity contribution in [2.75, 3.05) is 26.4 Å². The quantitative estimate of drug-likeness (QED) is 0.802. The zero-order chi connectivity index (χ0) is 16.8. The second-order valence-electron chi connectivity index (χ2n) is 4.95. The van der Waals surface area contributed by atoms with E-state index in [1.807, 2.05) is 31.2 Å². The Kier molecular flexibility index (Phi) is 5.75. The van der Waals surface area contributed by atoms with Crippen LogP contribution in [0.25, 0.3) is 11.5 Å². The van der Waals surface area contributed by atoms with E-state index in [1.165, 1.54) is 11.9 Å². The van der Waals surface area contributed by atoms with Crippen LogP contribution in [0.2, 0.25) is 0 Å². The van der Waals surface area contributed by atoms with E-state index in [9.17, 15) is 9.59 Å². The molecule has 0 aliphatic heterocycles. The smallest absolute Gasteiger partial charge is 0.277 e. The third kappa shape index (κ3) is 4.82. The first kappa shape index (κ1) is 17.0. The first-order chi connectivity index (χ1) is 11.0. The van der Waals surface area contributed by atoms with E-state index < -0.39 is 0 Å². The maximum absolute atomic E-state index is 11.9. The number of carbonyl (C=O) groups is 2. The molecular weight excluding hydrogens is 316 g/mol. The molecule has 0 bridgehead atoms. The molecule has 0 aliphatic carbocycles. The summed E-state index contributed by atoms with van der Waals surface area (Å²) in [4.78, 5) is 24.5. The summed E-state index contributed by atoms with van der Waals surface area (Å²) in [6.07, 6.45) is 0. The van der Waals surface area contributed by atoms with Gasteiger partial charge in [-0.1, -0.05) is 29.5 Å². The van der Waals surface area contributed by atoms with Crippen LogP contribution in [0.15, 0.2) is 33.9 Å². The molecule has 0 fully saturated rings. The van der Waals surface area contributed by atoms with Crippen molar-refractivity contribution in [3.05, 3.63) is 29.8 Å². The summed E-state index contributed by atoms with van der Waals surface area (Å²) in [7, 11) is 3.10. The first-order valence-corrected chi connectivity index (χ1v) is 7.96. The Hall–Kier alpha value is -2.35. The van der Waals surface area contributed by atoms with Crippen LogP contribution in [0.3, 0.4) is 0 Å². The highest BCUT2D eigenvalue weighted by atomic mass is 32.2. The van der Waals surface area contributed by atoms with Crippen LogP contribution in [0, 0.1) is 6.92 Å². The number of hydrogen-bond acceptors (Lipinski definition) is 6. The number of nitrogens with one attached hydrogen (secondary N) is 1. The number of aromatic nitrogens is 2. The van der Waals surface area contributed by atoms with E-state index in [-0.39, 0.29) is 24.1 Å². The number of nitrogens with zero attached hydrogens (tertiary/aromatic N) is 3. The molecule has 7 nitrogen and oxygen atoms in total.